The Balaban J connectivity index is 0.749. The molecule has 0 spiro atoms. The van der Waals surface area contributed by atoms with Crippen molar-refractivity contribution in [1.29, 1.82) is 0 Å². The minimum atomic E-state index is -0.683. The SMILES string of the molecule is C[C@@H](Oc1cc(-c2cnn(C3CCN(CCCCC(=O)N4CC(Nc5cccc6c5CN(C5CCC(=O)NC5=O)C6=O)C4)CC3)c2)cnc1N)c1c(Cl)ccc(F)c1Cl. The number of carbonyl (C=O) groups is 4. The second-order valence-corrected chi connectivity index (χ2v) is 16.5. The molecule has 3 fully saturated rings. The van der Waals surface area contributed by atoms with Crippen LogP contribution in [-0.4, -0.2) is 97.9 Å². The number of unbranched alkanes of at least 4 members (excludes halogenated alkanes) is 1. The maximum Gasteiger partial charge on any atom is 0.255 e. The number of nitrogens with one attached hydrogen (secondary N) is 2. The molecule has 0 aliphatic carbocycles. The van der Waals surface area contributed by atoms with E-state index in [2.05, 4.69) is 25.6 Å². The molecule has 2 aromatic heterocycles. The fourth-order valence-corrected chi connectivity index (χ4v) is 9.13. The molecular weight excluding hydrogens is 800 g/mol. The Hall–Kier alpha value is -5.25. The van der Waals surface area contributed by atoms with Gasteiger partial charge in [0, 0.05) is 96.5 Å². The molecule has 0 bridgehead atoms. The molecular formula is C42H46Cl2FN9O5. The van der Waals surface area contributed by atoms with Crippen LogP contribution in [0.25, 0.3) is 11.1 Å². The van der Waals surface area contributed by atoms with Crippen LogP contribution in [0.5, 0.6) is 5.75 Å². The molecule has 0 saturated carbocycles. The number of nitrogen functional groups attached to an aromatic ring is 1. The van der Waals surface area contributed by atoms with Crippen molar-refractivity contribution in [3.05, 3.63) is 87.5 Å². The van der Waals surface area contributed by atoms with Crippen LogP contribution in [0.1, 0.15) is 85.5 Å². The van der Waals surface area contributed by atoms with Crippen molar-refractivity contribution in [1.82, 2.24) is 34.8 Å². The highest BCUT2D eigenvalue weighted by atomic mass is 35.5. The third-order valence-corrected chi connectivity index (χ3v) is 12.5. The van der Waals surface area contributed by atoms with Crippen LogP contribution in [-0.2, 0) is 20.9 Å². The van der Waals surface area contributed by atoms with Gasteiger partial charge < -0.3 is 30.5 Å². The van der Waals surface area contributed by atoms with Crippen LogP contribution in [0.4, 0.5) is 15.9 Å². The molecule has 4 aromatic rings. The molecule has 4 amide bonds. The van der Waals surface area contributed by atoms with E-state index in [1.807, 2.05) is 27.9 Å². The number of nitrogens with zero attached hydrogens (tertiary/aromatic N) is 6. The molecule has 14 nitrogen and oxygen atoms in total. The lowest BCUT2D eigenvalue weighted by molar-refractivity contribution is -0.137. The minimum absolute atomic E-state index is 0.0779. The molecule has 1 unspecified atom stereocenters. The third kappa shape index (κ3) is 8.59. The summed E-state index contributed by atoms with van der Waals surface area (Å²) >= 11 is 12.5. The van der Waals surface area contributed by atoms with Gasteiger partial charge in [-0.15, -0.1) is 0 Å². The number of aromatic nitrogens is 3. The molecule has 8 rings (SSSR count). The van der Waals surface area contributed by atoms with E-state index < -0.39 is 23.9 Å². The standard InChI is InChI=1S/C42H46Cl2FN9O5/c1-24(38-31(43)8-9-32(45)39(38)44)59-35-17-25(18-47-40(35)46)26-19-48-54(20-26)28-12-15-51(16-13-28)14-3-2-7-37(56)52-21-27(22-52)49-33-6-4-5-29-30(33)23-53(42(29)58)34-10-11-36(55)50-41(34)57/h4-6,8-9,17-20,24,27-28,34,49H,2-3,7,10-16,21-23H2,1H3,(H2,46,47)(H,50,55,57)/t24-,34?/m1/s1. The Labute approximate surface area is 351 Å². The molecule has 59 heavy (non-hydrogen) atoms. The zero-order chi connectivity index (χ0) is 41.4. The first-order valence-corrected chi connectivity index (χ1v) is 20.8. The zero-order valence-electron chi connectivity index (χ0n) is 32.6. The Bertz CT molecular complexity index is 2280. The summed E-state index contributed by atoms with van der Waals surface area (Å²) in [6, 6.07) is 9.63. The normalized spacial score (nSPS) is 19.4. The molecule has 0 radical (unpaired) electrons. The monoisotopic (exact) mass is 845 g/mol. The topological polar surface area (TPSA) is 168 Å². The van der Waals surface area contributed by atoms with Gasteiger partial charge in [-0.3, -0.25) is 29.2 Å². The number of imide groups is 1. The molecule has 4 N–H and O–H groups in total. The van der Waals surface area contributed by atoms with Gasteiger partial charge in [0.2, 0.25) is 17.7 Å². The average molecular weight is 847 g/mol. The number of pyridine rings is 1. The molecule has 6 heterocycles. The van der Waals surface area contributed by atoms with Crippen molar-refractivity contribution in [2.24, 2.45) is 0 Å². The maximum absolute atomic E-state index is 14.1. The van der Waals surface area contributed by atoms with Crippen LogP contribution in [0.2, 0.25) is 10.0 Å². The van der Waals surface area contributed by atoms with Crippen LogP contribution in [0, 0.1) is 5.82 Å². The van der Waals surface area contributed by atoms with Gasteiger partial charge in [0.1, 0.15) is 18.0 Å². The Morgan fingerprint density at radius 3 is 2.64 bits per heavy atom. The van der Waals surface area contributed by atoms with Crippen LogP contribution >= 0.6 is 23.2 Å². The molecule has 310 valence electrons. The smallest absolute Gasteiger partial charge is 0.255 e. The summed E-state index contributed by atoms with van der Waals surface area (Å²) in [5.41, 5.74) is 10.4. The van der Waals surface area contributed by atoms with Crippen molar-refractivity contribution in [3.63, 3.8) is 0 Å². The van der Waals surface area contributed by atoms with Crippen molar-refractivity contribution in [2.75, 3.05) is 43.8 Å². The first kappa shape index (κ1) is 40.5. The lowest BCUT2D eigenvalue weighted by atomic mass is 10.0. The number of anilines is 2. The van der Waals surface area contributed by atoms with Gasteiger partial charge in [0.05, 0.1) is 23.3 Å². The number of ether oxygens (including phenoxy) is 1. The van der Waals surface area contributed by atoms with Crippen molar-refractivity contribution in [2.45, 2.75) is 82.6 Å². The van der Waals surface area contributed by atoms with Gasteiger partial charge in [-0.25, -0.2) is 9.37 Å². The number of halogens is 3. The van der Waals surface area contributed by atoms with Gasteiger partial charge in [0.15, 0.2) is 11.6 Å². The highest BCUT2D eigenvalue weighted by Crippen LogP contribution is 2.38. The first-order valence-electron chi connectivity index (χ1n) is 20.1. The van der Waals surface area contributed by atoms with E-state index >= 15 is 0 Å². The molecule has 4 aliphatic rings. The molecule has 2 atom stereocenters. The fraction of sp³-hybridized carbons (Fsp3) is 0.429. The van der Waals surface area contributed by atoms with Crippen LogP contribution in [0.3, 0.4) is 0 Å². The van der Waals surface area contributed by atoms with Gasteiger partial charge >= 0.3 is 0 Å². The van der Waals surface area contributed by atoms with Crippen molar-refractivity contribution >= 4 is 58.3 Å². The Kier molecular flexibility index (Phi) is 11.8. The highest BCUT2D eigenvalue weighted by molar-refractivity contribution is 6.36. The number of carbonyl (C=O) groups excluding carboxylic acids is 4. The maximum atomic E-state index is 14.1. The first-order chi connectivity index (χ1) is 28.4. The van der Waals surface area contributed by atoms with Crippen LogP contribution < -0.4 is 21.1 Å². The van der Waals surface area contributed by atoms with E-state index in [-0.39, 0.29) is 47.1 Å². The lowest BCUT2D eigenvalue weighted by Crippen LogP contribution is -2.57. The fourth-order valence-electron chi connectivity index (χ4n) is 8.45. The van der Waals surface area contributed by atoms with Gasteiger partial charge in [-0.2, -0.15) is 5.10 Å². The number of benzene rings is 2. The summed E-state index contributed by atoms with van der Waals surface area (Å²) in [6.07, 6.45) is 9.51. The van der Waals surface area contributed by atoms with E-state index in [0.29, 0.717) is 54.4 Å². The van der Waals surface area contributed by atoms with E-state index in [9.17, 15) is 23.6 Å². The van der Waals surface area contributed by atoms with Gasteiger partial charge in [-0.1, -0.05) is 29.3 Å². The zero-order valence-corrected chi connectivity index (χ0v) is 34.1. The number of hydrogen-bond acceptors (Lipinski definition) is 10. The average Bonchev–Trinajstić information content (AvgIpc) is 3.83. The van der Waals surface area contributed by atoms with E-state index in [1.54, 1.807) is 36.4 Å². The number of hydrogen-bond donors (Lipinski definition) is 3. The predicted octanol–water partition coefficient (Wildman–Crippen LogP) is 6.00. The quantitative estimate of drug-likeness (QED) is 0.0825. The van der Waals surface area contributed by atoms with Gasteiger partial charge in [-0.05, 0) is 75.9 Å². The summed E-state index contributed by atoms with van der Waals surface area (Å²) in [7, 11) is 0. The number of rotatable bonds is 13. The number of nitrogens with two attached hydrogens (primary N) is 1. The van der Waals surface area contributed by atoms with Crippen molar-refractivity contribution in [3.8, 4) is 16.9 Å². The third-order valence-electron chi connectivity index (χ3n) is 11.8. The Morgan fingerprint density at radius 1 is 1.07 bits per heavy atom. The number of fused-ring (bicyclic) bond motifs is 1. The minimum Gasteiger partial charge on any atom is -0.482 e. The number of piperidine rings is 2. The van der Waals surface area contributed by atoms with Crippen LogP contribution in [0.15, 0.2) is 55.0 Å². The van der Waals surface area contributed by atoms with Crippen molar-refractivity contribution < 1.29 is 28.3 Å². The number of likely N-dealkylation sites (tertiary alicyclic amines) is 2. The molecule has 2 aromatic carbocycles. The predicted molar refractivity (Wildman–Crippen MR) is 220 cm³/mol. The summed E-state index contributed by atoms with van der Waals surface area (Å²) in [5, 5.41) is 10.7. The molecule has 4 aliphatic heterocycles. The van der Waals surface area contributed by atoms with E-state index in [4.69, 9.17) is 33.7 Å². The summed E-state index contributed by atoms with van der Waals surface area (Å²) < 4.78 is 22.2. The molecule has 17 heteroatoms. The molecule has 3 saturated heterocycles. The Morgan fingerprint density at radius 2 is 1.86 bits per heavy atom. The van der Waals surface area contributed by atoms with Gasteiger partial charge in [0.25, 0.3) is 5.91 Å². The van der Waals surface area contributed by atoms with E-state index in [1.165, 1.54) is 12.1 Å². The largest absolute Gasteiger partial charge is 0.482 e. The summed E-state index contributed by atoms with van der Waals surface area (Å²) in [6.45, 7) is 6.04. The summed E-state index contributed by atoms with van der Waals surface area (Å²) in [4.78, 5) is 60.4. The van der Waals surface area contributed by atoms with E-state index in [0.717, 1.165) is 67.7 Å². The highest BCUT2D eigenvalue weighted by Gasteiger charge is 2.40. The summed E-state index contributed by atoms with van der Waals surface area (Å²) in [5.74, 6) is -0.865. The lowest BCUT2D eigenvalue weighted by Gasteiger charge is -2.40. The second kappa shape index (κ2) is 17.2. The number of amides is 4. The second-order valence-electron chi connectivity index (χ2n) is 15.7.